The molecule has 0 aliphatic carbocycles. The van der Waals surface area contributed by atoms with Gasteiger partial charge in [-0.1, -0.05) is 25.4 Å². The van der Waals surface area contributed by atoms with Crippen molar-refractivity contribution in [1.82, 2.24) is 10.2 Å². The number of ether oxygens (including phenoxy) is 1. The van der Waals surface area contributed by atoms with Crippen LogP contribution in [0, 0.1) is 5.92 Å². The minimum atomic E-state index is 0.568. The Kier molecular flexibility index (Phi) is 5.08. The Morgan fingerprint density at radius 2 is 2.26 bits per heavy atom. The molecule has 1 aromatic carbocycles. The van der Waals surface area contributed by atoms with Gasteiger partial charge in [0.15, 0.2) is 0 Å². The van der Waals surface area contributed by atoms with Crippen LogP contribution in [-0.4, -0.2) is 37.7 Å². The van der Waals surface area contributed by atoms with Gasteiger partial charge in [0.25, 0.3) is 0 Å². The molecule has 0 spiro atoms. The number of halogens is 1. The number of methoxy groups -OCH3 is 1. The van der Waals surface area contributed by atoms with Gasteiger partial charge >= 0.3 is 0 Å². The van der Waals surface area contributed by atoms with Crippen molar-refractivity contribution in [1.29, 1.82) is 0 Å². The number of nitrogens with zero attached hydrogens (tertiary/aromatic N) is 1. The molecule has 1 aromatic rings. The topological polar surface area (TPSA) is 24.5 Å². The summed E-state index contributed by atoms with van der Waals surface area (Å²) >= 11 is 6.08. The van der Waals surface area contributed by atoms with Gasteiger partial charge in [-0.05, 0) is 24.1 Å². The summed E-state index contributed by atoms with van der Waals surface area (Å²) in [6, 6.07) is 6.39. The van der Waals surface area contributed by atoms with Gasteiger partial charge in [-0.15, -0.1) is 0 Å². The third-order valence-electron chi connectivity index (χ3n) is 3.73. The average molecular weight is 283 g/mol. The lowest BCUT2D eigenvalue weighted by molar-refractivity contribution is 0.167. The normalized spacial score (nSPS) is 20.8. The lowest BCUT2D eigenvalue weighted by atomic mass is 10.0. The molecular formula is C15H23ClN2O. The van der Waals surface area contributed by atoms with Gasteiger partial charge in [0, 0.05) is 42.8 Å². The summed E-state index contributed by atoms with van der Waals surface area (Å²) < 4.78 is 5.42. The number of piperazine rings is 1. The minimum Gasteiger partial charge on any atom is -0.496 e. The van der Waals surface area contributed by atoms with Crippen molar-refractivity contribution < 1.29 is 4.74 Å². The molecule has 1 N–H and O–H groups in total. The second-order valence-electron chi connectivity index (χ2n) is 5.50. The van der Waals surface area contributed by atoms with E-state index in [1.54, 1.807) is 7.11 Å². The van der Waals surface area contributed by atoms with E-state index in [0.717, 1.165) is 37.0 Å². The summed E-state index contributed by atoms with van der Waals surface area (Å²) in [6.45, 7) is 8.62. The van der Waals surface area contributed by atoms with E-state index in [1.165, 1.54) is 5.56 Å². The van der Waals surface area contributed by atoms with Gasteiger partial charge < -0.3 is 10.1 Å². The lowest BCUT2D eigenvalue weighted by Crippen LogP contribution is -2.52. The Morgan fingerprint density at radius 1 is 1.47 bits per heavy atom. The van der Waals surface area contributed by atoms with Crippen molar-refractivity contribution in [3.8, 4) is 5.75 Å². The fourth-order valence-corrected chi connectivity index (χ4v) is 2.74. The quantitative estimate of drug-likeness (QED) is 0.919. The molecule has 2 rings (SSSR count). The van der Waals surface area contributed by atoms with Crippen molar-refractivity contribution in [3.05, 3.63) is 28.8 Å². The fraction of sp³-hybridized carbons (Fsp3) is 0.600. The molecule has 0 aromatic heterocycles. The second-order valence-corrected chi connectivity index (χ2v) is 5.93. The first-order chi connectivity index (χ1) is 9.10. The third-order valence-corrected chi connectivity index (χ3v) is 3.97. The maximum Gasteiger partial charge on any atom is 0.123 e. The van der Waals surface area contributed by atoms with E-state index in [4.69, 9.17) is 16.3 Å². The van der Waals surface area contributed by atoms with E-state index in [1.807, 2.05) is 18.2 Å². The smallest absolute Gasteiger partial charge is 0.123 e. The largest absolute Gasteiger partial charge is 0.496 e. The highest BCUT2D eigenvalue weighted by molar-refractivity contribution is 6.30. The maximum absolute atomic E-state index is 6.08. The molecule has 1 heterocycles. The predicted molar refractivity (Wildman–Crippen MR) is 79.9 cm³/mol. The van der Waals surface area contributed by atoms with Crippen LogP contribution in [0.1, 0.15) is 19.4 Å². The average Bonchev–Trinajstić information content (AvgIpc) is 2.39. The Bertz CT molecular complexity index is 423. The SMILES string of the molecule is COc1ccc(Cl)cc1CN1CCNC(C(C)C)C1. The van der Waals surface area contributed by atoms with Crippen LogP contribution < -0.4 is 10.1 Å². The van der Waals surface area contributed by atoms with Crippen molar-refractivity contribution in [3.63, 3.8) is 0 Å². The van der Waals surface area contributed by atoms with Gasteiger partial charge in [0.05, 0.1) is 7.11 Å². The Morgan fingerprint density at radius 3 is 2.95 bits per heavy atom. The molecule has 1 atom stereocenters. The number of hydrogen-bond acceptors (Lipinski definition) is 3. The molecule has 1 unspecified atom stereocenters. The van der Waals surface area contributed by atoms with E-state index in [2.05, 4.69) is 24.1 Å². The molecule has 1 aliphatic rings. The maximum atomic E-state index is 6.08. The Balaban J connectivity index is 2.06. The Hall–Kier alpha value is -0.770. The van der Waals surface area contributed by atoms with E-state index < -0.39 is 0 Å². The van der Waals surface area contributed by atoms with Crippen LogP contribution in [0.15, 0.2) is 18.2 Å². The standard InChI is InChI=1S/C15H23ClN2O/c1-11(2)14-10-18(7-6-17-14)9-12-8-13(16)4-5-15(12)19-3/h4-5,8,11,14,17H,6-7,9-10H2,1-3H3. The van der Waals surface area contributed by atoms with Gasteiger partial charge in [0.2, 0.25) is 0 Å². The van der Waals surface area contributed by atoms with Gasteiger partial charge in [-0.2, -0.15) is 0 Å². The second kappa shape index (κ2) is 6.60. The predicted octanol–water partition coefficient (Wildman–Crippen LogP) is 2.78. The van der Waals surface area contributed by atoms with Crippen molar-refractivity contribution in [2.24, 2.45) is 5.92 Å². The molecule has 0 amide bonds. The van der Waals surface area contributed by atoms with Crippen LogP contribution in [-0.2, 0) is 6.54 Å². The summed E-state index contributed by atoms with van der Waals surface area (Å²) in [4.78, 5) is 2.47. The summed E-state index contributed by atoms with van der Waals surface area (Å²) in [5.41, 5.74) is 1.17. The van der Waals surface area contributed by atoms with Crippen LogP contribution in [0.3, 0.4) is 0 Å². The number of nitrogens with one attached hydrogen (secondary N) is 1. The van der Waals surface area contributed by atoms with E-state index in [9.17, 15) is 0 Å². The molecule has 4 heteroatoms. The number of rotatable bonds is 4. The van der Waals surface area contributed by atoms with Crippen LogP contribution >= 0.6 is 11.6 Å². The number of benzene rings is 1. The molecule has 0 bridgehead atoms. The van der Waals surface area contributed by atoms with Crippen molar-refractivity contribution >= 4 is 11.6 Å². The third kappa shape index (κ3) is 3.85. The zero-order valence-electron chi connectivity index (χ0n) is 11.9. The zero-order valence-corrected chi connectivity index (χ0v) is 12.7. The summed E-state index contributed by atoms with van der Waals surface area (Å²) in [5, 5.41) is 4.35. The number of hydrogen-bond donors (Lipinski definition) is 1. The highest BCUT2D eigenvalue weighted by atomic mass is 35.5. The highest BCUT2D eigenvalue weighted by Gasteiger charge is 2.22. The molecular weight excluding hydrogens is 260 g/mol. The molecule has 1 saturated heterocycles. The molecule has 0 saturated carbocycles. The zero-order chi connectivity index (χ0) is 13.8. The first-order valence-electron chi connectivity index (χ1n) is 6.88. The summed E-state index contributed by atoms with van der Waals surface area (Å²) in [7, 11) is 1.71. The van der Waals surface area contributed by atoms with Crippen molar-refractivity contribution in [2.75, 3.05) is 26.7 Å². The van der Waals surface area contributed by atoms with Crippen LogP contribution in [0.25, 0.3) is 0 Å². The van der Waals surface area contributed by atoms with Crippen molar-refractivity contribution in [2.45, 2.75) is 26.4 Å². The molecule has 1 aliphatic heterocycles. The highest BCUT2D eigenvalue weighted by Crippen LogP contribution is 2.24. The van der Waals surface area contributed by atoms with Gasteiger partial charge in [-0.25, -0.2) is 0 Å². The van der Waals surface area contributed by atoms with Gasteiger partial charge in [0.1, 0.15) is 5.75 Å². The van der Waals surface area contributed by atoms with Gasteiger partial charge in [-0.3, -0.25) is 4.90 Å². The van der Waals surface area contributed by atoms with E-state index in [0.29, 0.717) is 12.0 Å². The summed E-state index contributed by atoms with van der Waals surface area (Å²) in [5.74, 6) is 1.58. The van der Waals surface area contributed by atoms with E-state index in [-0.39, 0.29) is 0 Å². The Labute approximate surface area is 120 Å². The summed E-state index contributed by atoms with van der Waals surface area (Å²) in [6.07, 6.45) is 0. The van der Waals surface area contributed by atoms with Crippen LogP contribution in [0.5, 0.6) is 5.75 Å². The fourth-order valence-electron chi connectivity index (χ4n) is 2.54. The molecule has 0 radical (unpaired) electrons. The van der Waals surface area contributed by atoms with Crippen LogP contribution in [0.4, 0.5) is 0 Å². The first-order valence-corrected chi connectivity index (χ1v) is 7.26. The first kappa shape index (κ1) is 14.6. The lowest BCUT2D eigenvalue weighted by Gasteiger charge is -2.36. The molecule has 1 fully saturated rings. The van der Waals surface area contributed by atoms with Crippen LogP contribution in [0.2, 0.25) is 5.02 Å². The molecule has 106 valence electrons. The monoisotopic (exact) mass is 282 g/mol. The van der Waals surface area contributed by atoms with E-state index >= 15 is 0 Å². The molecule has 19 heavy (non-hydrogen) atoms. The minimum absolute atomic E-state index is 0.568. The molecule has 3 nitrogen and oxygen atoms in total.